The second-order valence-electron chi connectivity index (χ2n) is 7.63. The highest BCUT2D eigenvalue weighted by Gasteiger charge is 2.32. The first-order valence-electron chi connectivity index (χ1n) is 10.4. The van der Waals surface area contributed by atoms with Crippen LogP contribution in [0.5, 0.6) is 5.75 Å². The van der Waals surface area contributed by atoms with E-state index in [-0.39, 0.29) is 11.8 Å². The average Bonchev–Trinajstić information content (AvgIpc) is 3.59. The molecule has 0 bridgehead atoms. The van der Waals surface area contributed by atoms with E-state index in [9.17, 15) is 4.79 Å². The first kappa shape index (κ1) is 19.6. The van der Waals surface area contributed by atoms with Crippen LogP contribution in [0.1, 0.15) is 28.3 Å². The molecule has 0 saturated carbocycles. The predicted octanol–water partition coefficient (Wildman–Crippen LogP) is 5.24. The molecule has 0 N–H and O–H groups in total. The van der Waals surface area contributed by atoms with Crippen LogP contribution in [0, 0.1) is 0 Å². The zero-order valence-electron chi connectivity index (χ0n) is 17.3. The van der Waals surface area contributed by atoms with Crippen molar-refractivity contribution in [2.75, 3.05) is 20.2 Å². The largest absolute Gasteiger partial charge is 0.496 e. The van der Waals surface area contributed by atoms with Gasteiger partial charge in [0.15, 0.2) is 0 Å². The van der Waals surface area contributed by atoms with Crippen LogP contribution in [0.2, 0.25) is 0 Å². The van der Waals surface area contributed by atoms with Gasteiger partial charge >= 0.3 is 0 Å². The molecule has 1 atom stereocenters. The van der Waals surface area contributed by atoms with Crippen LogP contribution in [0.3, 0.4) is 0 Å². The van der Waals surface area contributed by atoms with Crippen LogP contribution in [0.4, 0.5) is 0 Å². The molecule has 31 heavy (non-hydrogen) atoms. The minimum Gasteiger partial charge on any atom is -0.496 e. The number of carbonyl (C=O) groups excluding carboxylic acids is 1. The van der Waals surface area contributed by atoms with Crippen molar-refractivity contribution in [2.45, 2.75) is 12.3 Å². The van der Waals surface area contributed by atoms with Crippen molar-refractivity contribution in [1.29, 1.82) is 0 Å². The summed E-state index contributed by atoms with van der Waals surface area (Å²) >= 11 is 1.60. The van der Waals surface area contributed by atoms with Crippen LogP contribution in [0.25, 0.3) is 16.3 Å². The summed E-state index contributed by atoms with van der Waals surface area (Å²) in [6.45, 7) is 1.40. The highest BCUT2D eigenvalue weighted by Crippen LogP contribution is 2.35. The van der Waals surface area contributed by atoms with Gasteiger partial charge in [0.25, 0.3) is 5.91 Å². The lowest BCUT2D eigenvalue weighted by Crippen LogP contribution is -2.28. The number of ether oxygens (including phenoxy) is 1. The third-order valence-electron chi connectivity index (χ3n) is 5.77. The Balaban J connectivity index is 1.46. The number of hydrogen-bond donors (Lipinski definition) is 0. The Bertz CT molecular complexity index is 1180. The van der Waals surface area contributed by atoms with E-state index in [1.807, 2.05) is 77.1 Å². The van der Waals surface area contributed by atoms with Crippen molar-refractivity contribution in [3.05, 3.63) is 89.4 Å². The molecule has 0 radical (unpaired) electrons. The molecule has 1 aliphatic rings. The fraction of sp³-hybridized carbons (Fsp3) is 0.200. The van der Waals surface area contributed by atoms with E-state index < -0.39 is 0 Å². The summed E-state index contributed by atoms with van der Waals surface area (Å²) in [4.78, 5) is 16.5. The molecule has 1 unspecified atom stereocenters. The summed E-state index contributed by atoms with van der Waals surface area (Å²) < 4.78 is 7.34. The molecule has 3 heterocycles. The number of methoxy groups -OCH3 is 1. The molecule has 2 aromatic carbocycles. The van der Waals surface area contributed by atoms with Gasteiger partial charge < -0.3 is 9.64 Å². The third kappa shape index (κ3) is 3.75. The maximum absolute atomic E-state index is 13.6. The number of hydrogen-bond acceptors (Lipinski definition) is 4. The van der Waals surface area contributed by atoms with Crippen molar-refractivity contribution in [3.63, 3.8) is 0 Å². The minimum absolute atomic E-state index is 0.0305. The van der Waals surface area contributed by atoms with Gasteiger partial charge in [0.05, 0.1) is 23.2 Å². The number of likely N-dealkylation sites (tertiary alicyclic amines) is 1. The Morgan fingerprint density at radius 1 is 1.06 bits per heavy atom. The Labute approximate surface area is 185 Å². The van der Waals surface area contributed by atoms with Crippen molar-refractivity contribution >= 4 is 17.2 Å². The Morgan fingerprint density at radius 2 is 1.87 bits per heavy atom. The maximum atomic E-state index is 13.6. The second-order valence-corrected chi connectivity index (χ2v) is 8.58. The Hall–Kier alpha value is -3.38. The van der Waals surface area contributed by atoms with E-state index >= 15 is 0 Å². The Kier molecular flexibility index (Phi) is 5.30. The van der Waals surface area contributed by atoms with Gasteiger partial charge in [-0.05, 0) is 41.6 Å². The third-order valence-corrected chi connectivity index (χ3v) is 6.65. The number of carbonyl (C=O) groups is 1. The van der Waals surface area contributed by atoms with Crippen LogP contribution in [0.15, 0.2) is 78.3 Å². The van der Waals surface area contributed by atoms with Gasteiger partial charge in [-0.3, -0.25) is 4.79 Å². The van der Waals surface area contributed by atoms with Gasteiger partial charge in [-0.1, -0.05) is 42.5 Å². The molecular formula is C25H23N3O2S. The molecule has 5 nitrogen and oxygen atoms in total. The molecule has 6 heteroatoms. The molecule has 5 rings (SSSR count). The van der Waals surface area contributed by atoms with Gasteiger partial charge in [0.1, 0.15) is 11.4 Å². The molecule has 1 saturated heterocycles. The lowest BCUT2D eigenvalue weighted by molar-refractivity contribution is 0.0791. The monoisotopic (exact) mass is 429 g/mol. The van der Waals surface area contributed by atoms with Crippen LogP contribution in [-0.2, 0) is 0 Å². The topological polar surface area (TPSA) is 47.4 Å². The number of nitrogens with zero attached hydrogens (tertiary/aromatic N) is 3. The van der Waals surface area contributed by atoms with Gasteiger partial charge in [0.2, 0.25) is 0 Å². The minimum atomic E-state index is 0.0305. The summed E-state index contributed by atoms with van der Waals surface area (Å²) in [7, 11) is 1.70. The average molecular weight is 430 g/mol. The van der Waals surface area contributed by atoms with E-state index in [2.05, 4.69) is 6.07 Å². The smallest absolute Gasteiger partial charge is 0.257 e. The number of aromatic nitrogens is 2. The summed E-state index contributed by atoms with van der Waals surface area (Å²) in [5.74, 6) is 1.19. The maximum Gasteiger partial charge on any atom is 0.257 e. The molecule has 2 aromatic heterocycles. The van der Waals surface area contributed by atoms with Gasteiger partial charge in [-0.2, -0.15) is 5.10 Å². The number of benzene rings is 2. The first-order valence-corrected chi connectivity index (χ1v) is 11.2. The van der Waals surface area contributed by atoms with E-state index in [0.29, 0.717) is 12.1 Å². The summed E-state index contributed by atoms with van der Waals surface area (Å²) in [6, 6.07) is 22.0. The van der Waals surface area contributed by atoms with Crippen LogP contribution < -0.4 is 4.74 Å². The van der Waals surface area contributed by atoms with Gasteiger partial charge in [0, 0.05) is 25.2 Å². The van der Waals surface area contributed by atoms with Gasteiger partial charge in [-0.25, -0.2) is 4.68 Å². The van der Waals surface area contributed by atoms with E-state index in [0.717, 1.165) is 35.0 Å². The van der Waals surface area contributed by atoms with Gasteiger partial charge in [-0.15, -0.1) is 11.3 Å². The molecule has 1 aliphatic heterocycles. The number of amides is 1. The van der Waals surface area contributed by atoms with Crippen molar-refractivity contribution in [2.24, 2.45) is 0 Å². The van der Waals surface area contributed by atoms with Crippen LogP contribution >= 0.6 is 11.3 Å². The lowest BCUT2D eigenvalue weighted by Gasteiger charge is -2.17. The standard InChI is InChI=1S/C25H23N3O2S/c1-30-22-11-6-5-10-20(22)18-13-14-27(16-18)25(29)21-17-28(19-8-3-2-4-9-19)26-24(21)23-12-7-15-31-23/h2-12,15,17-18H,13-14,16H2,1H3. The normalized spacial score (nSPS) is 15.9. The fourth-order valence-corrected chi connectivity index (χ4v) is 4.93. The molecule has 1 fully saturated rings. The summed E-state index contributed by atoms with van der Waals surface area (Å²) in [5.41, 5.74) is 3.49. The van der Waals surface area contributed by atoms with Crippen molar-refractivity contribution in [1.82, 2.24) is 14.7 Å². The molecule has 0 aliphatic carbocycles. The summed E-state index contributed by atoms with van der Waals surface area (Å²) in [5, 5.41) is 6.79. The number of thiophene rings is 1. The number of rotatable bonds is 5. The fourth-order valence-electron chi connectivity index (χ4n) is 4.21. The van der Waals surface area contributed by atoms with E-state index in [4.69, 9.17) is 9.84 Å². The lowest BCUT2D eigenvalue weighted by atomic mass is 9.97. The second kappa shape index (κ2) is 8.40. The zero-order chi connectivity index (χ0) is 21.2. The predicted molar refractivity (Wildman–Crippen MR) is 123 cm³/mol. The van der Waals surface area contributed by atoms with E-state index in [1.165, 1.54) is 5.56 Å². The quantitative estimate of drug-likeness (QED) is 0.436. The van der Waals surface area contributed by atoms with Crippen LogP contribution in [-0.4, -0.2) is 40.8 Å². The highest BCUT2D eigenvalue weighted by atomic mass is 32.1. The molecular weight excluding hydrogens is 406 g/mol. The molecule has 4 aromatic rings. The highest BCUT2D eigenvalue weighted by molar-refractivity contribution is 7.13. The molecule has 1 amide bonds. The SMILES string of the molecule is COc1ccccc1C1CCN(C(=O)c2cn(-c3ccccc3)nc2-c2cccs2)C1. The molecule has 0 spiro atoms. The van der Waals surface area contributed by atoms with Crippen molar-refractivity contribution in [3.8, 4) is 22.0 Å². The first-order chi connectivity index (χ1) is 15.2. The summed E-state index contributed by atoms with van der Waals surface area (Å²) in [6.07, 6.45) is 2.79. The van der Waals surface area contributed by atoms with Crippen molar-refractivity contribution < 1.29 is 9.53 Å². The Morgan fingerprint density at radius 3 is 2.65 bits per heavy atom. The number of para-hydroxylation sites is 2. The zero-order valence-corrected chi connectivity index (χ0v) is 18.1. The molecule has 156 valence electrons. The van der Waals surface area contributed by atoms with E-state index in [1.54, 1.807) is 23.1 Å².